The number of ether oxygens (including phenoxy) is 3. The summed E-state index contributed by atoms with van der Waals surface area (Å²) < 4.78 is 19.7. The number of allylic oxidation sites excluding steroid dienone is 1. The third-order valence-corrected chi connectivity index (χ3v) is 9.19. The highest BCUT2D eigenvalue weighted by Crippen LogP contribution is 2.41. The Morgan fingerprint density at radius 3 is 2.57 bits per heavy atom. The van der Waals surface area contributed by atoms with Crippen molar-refractivity contribution in [2.75, 3.05) is 12.4 Å². The number of carbonyl (C=O) groups is 1. The lowest BCUT2D eigenvalue weighted by Crippen LogP contribution is -2.32. The van der Waals surface area contributed by atoms with Crippen LogP contribution in [0, 0.1) is 0 Å². The second-order valence-electron chi connectivity index (χ2n) is 11.0. The molecule has 0 radical (unpaired) electrons. The third kappa shape index (κ3) is 6.74. The van der Waals surface area contributed by atoms with Crippen LogP contribution in [-0.4, -0.2) is 33.9 Å². The topological polar surface area (TPSA) is 87.5 Å². The lowest BCUT2D eigenvalue weighted by Gasteiger charge is -2.30. The molecule has 8 nitrogen and oxygen atoms in total. The first kappa shape index (κ1) is 30.1. The Morgan fingerprint density at radius 2 is 1.80 bits per heavy atom. The zero-order valence-electron chi connectivity index (χ0n) is 24.8. The largest absolute Gasteiger partial charge is 0.493 e. The van der Waals surface area contributed by atoms with Gasteiger partial charge in [-0.25, -0.2) is 9.48 Å². The maximum Gasteiger partial charge on any atom is 0.338 e. The molecular weight excluding hydrogens is 596 g/mol. The van der Waals surface area contributed by atoms with Crippen molar-refractivity contribution in [3.8, 4) is 11.5 Å². The minimum Gasteiger partial charge on any atom is -0.493 e. The second kappa shape index (κ2) is 13.8. The van der Waals surface area contributed by atoms with E-state index in [0.29, 0.717) is 51.3 Å². The highest BCUT2D eigenvalue weighted by molar-refractivity contribution is 7.98. The van der Waals surface area contributed by atoms with Gasteiger partial charge in [-0.05, 0) is 67.5 Å². The Balaban J connectivity index is 1.32. The molecule has 1 unspecified atom stereocenters. The van der Waals surface area contributed by atoms with E-state index in [1.807, 2.05) is 79.7 Å². The predicted molar refractivity (Wildman–Crippen MR) is 172 cm³/mol. The summed E-state index contributed by atoms with van der Waals surface area (Å²) in [5.74, 6) is 1.98. The fraction of sp³-hybridized carbons (Fsp3) is 0.324. The van der Waals surface area contributed by atoms with Crippen LogP contribution in [0.15, 0.2) is 89.2 Å². The molecule has 10 heteroatoms. The van der Waals surface area contributed by atoms with Crippen molar-refractivity contribution in [1.29, 1.82) is 0 Å². The fourth-order valence-electron chi connectivity index (χ4n) is 5.63. The van der Waals surface area contributed by atoms with Crippen molar-refractivity contribution in [3.05, 3.63) is 106 Å². The zero-order chi connectivity index (χ0) is 30.5. The number of methoxy groups -OCH3 is 1. The quantitative estimate of drug-likeness (QED) is 0.139. The number of aromatic nitrogens is 3. The molecule has 0 saturated heterocycles. The number of fused-ring (bicyclic) bond motifs is 1. The molecule has 6 rings (SSSR count). The minimum absolute atomic E-state index is 0.0839. The molecule has 1 N–H and O–H groups in total. The number of hydrogen-bond acceptors (Lipinski definition) is 8. The molecule has 0 spiro atoms. The molecule has 2 aliphatic rings. The van der Waals surface area contributed by atoms with Gasteiger partial charge in [0.2, 0.25) is 11.1 Å². The van der Waals surface area contributed by atoms with Gasteiger partial charge in [0.05, 0.1) is 12.7 Å². The van der Waals surface area contributed by atoms with Gasteiger partial charge in [0.25, 0.3) is 0 Å². The van der Waals surface area contributed by atoms with Gasteiger partial charge in [0, 0.05) is 16.5 Å². The molecule has 4 aromatic rings. The lowest BCUT2D eigenvalue weighted by molar-refractivity contribution is -0.146. The standard InChI is InChI=1S/C34H35ClN4O4S/c1-22-30(32(40)43-26-14-7-4-8-15-26)31(24-17-18-28(29(19-24)41-2)42-20-23-11-5-3-6-12-23)39-33(36-22)37-34(38-39)44-21-25-13-9-10-16-27(25)35/h3,5-6,9-13,16-19,26,31H,4,7-8,14-15,20-21H2,1-2H3,(H,36,37,38). The molecular formula is C34H35ClN4O4S. The number of esters is 1. The van der Waals surface area contributed by atoms with Crippen molar-refractivity contribution >= 4 is 35.3 Å². The molecule has 0 amide bonds. The zero-order valence-corrected chi connectivity index (χ0v) is 26.4. The Bertz CT molecular complexity index is 1650. The first-order chi connectivity index (χ1) is 21.5. The van der Waals surface area contributed by atoms with E-state index in [4.69, 9.17) is 35.9 Å². The monoisotopic (exact) mass is 630 g/mol. The number of nitrogens with zero attached hydrogens (tertiary/aromatic N) is 3. The maximum atomic E-state index is 13.8. The Kier molecular flexibility index (Phi) is 9.43. The Morgan fingerprint density at radius 1 is 1.02 bits per heavy atom. The van der Waals surface area contributed by atoms with Crippen LogP contribution in [0.1, 0.15) is 61.8 Å². The van der Waals surface area contributed by atoms with Gasteiger partial charge >= 0.3 is 5.97 Å². The van der Waals surface area contributed by atoms with Gasteiger partial charge in [0.1, 0.15) is 18.8 Å². The molecule has 0 bridgehead atoms. The van der Waals surface area contributed by atoms with Gasteiger partial charge in [-0.15, -0.1) is 5.10 Å². The van der Waals surface area contributed by atoms with Crippen molar-refractivity contribution in [3.63, 3.8) is 0 Å². The number of halogens is 1. The minimum atomic E-state index is -0.582. The van der Waals surface area contributed by atoms with Crippen molar-refractivity contribution in [1.82, 2.24) is 14.8 Å². The van der Waals surface area contributed by atoms with Crippen molar-refractivity contribution < 1.29 is 19.0 Å². The second-order valence-corrected chi connectivity index (χ2v) is 12.3. The van der Waals surface area contributed by atoms with E-state index < -0.39 is 6.04 Å². The number of thioether (sulfide) groups is 1. The molecule has 228 valence electrons. The van der Waals surface area contributed by atoms with Crippen LogP contribution >= 0.6 is 23.4 Å². The van der Waals surface area contributed by atoms with Crippen LogP contribution < -0.4 is 14.8 Å². The molecule has 1 aromatic heterocycles. The first-order valence-electron chi connectivity index (χ1n) is 14.9. The van der Waals surface area contributed by atoms with Crippen LogP contribution in [0.4, 0.5) is 5.95 Å². The van der Waals surface area contributed by atoms with Crippen LogP contribution in [0.2, 0.25) is 5.02 Å². The molecule has 1 aliphatic heterocycles. The molecule has 3 aromatic carbocycles. The van der Waals surface area contributed by atoms with Crippen LogP contribution in [0.5, 0.6) is 11.5 Å². The van der Waals surface area contributed by atoms with Gasteiger partial charge in [-0.3, -0.25) is 0 Å². The highest BCUT2D eigenvalue weighted by Gasteiger charge is 2.37. The highest BCUT2D eigenvalue weighted by atomic mass is 35.5. The van der Waals surface area contributed by atoms with Crippen LogP contribution in [0.25, 0.3) is 0 Å². The van der Waals surface area contributed by atoms with Gasteiger partial charge in [0.15, 0.2) is 11.5 Å². The third-order valence-electron chi connectivity index (χ3n) is 7.93. The summed E-state index contributed by atoms with van der Waals surface area (Å²) in [4.78, 5) is 18.6. The number of hydrogen-bond donors (Lipinski definition) is 1. The van der Waals surface area contributed by atoms with E-state index >= 15 is 0 Å². The molecule has 44 heavy (non-hydrogen) atoms. The van der Waals surface area contributed by atoms with Gasteiger partial charge in [-0.1, -0.05) is 84.4 Å². The number of benzene rings is 3. The Hall–Kier alpha value is -3.95. The fourth-order valence-corrected chi connectivity index (χ4v) is 6.74. The summed E-state index contributed by atoms with van der Waals surface area (Å²) in [6.45, 7) is 2.29. The number of anilines is 1. The van der Waals surface area contributed by atoms with E-state index in [2.05, 4.69) is 5.32 Å². The van der Waals surface area contributed by atoms with Gasteiger partial charge in [-0.2, -0.15) is 4.98 Å². The normalized spacial score (nSPS) is 16.7. The van der Waals surface area contributed by atoms with E-state index in [1.165, 1.54) is 18.2 Å². The summed E-state index contributed by atoms with van der Waals surface area (Å²) >= 11 is 7.88. The van der Waals surface area contributed by atoms with E-state index in [-0.39, 0.29) is 12.1 Å². The summed E-state index contributed by atoms with van der Waals surface area (Å²) in [5, 5.41) is 9.45. The molecule has 2 heterocycles. The van der Waals surface area contributed by atoms with Crippen LogP contribution in [-0.2, 0) is 21.9 Å². The first-order valence-corrected chi connectivity index (χ1v) is 16.2. The predicted octanol–water partition coefficient (Wildman–Crippen LogP) is 7.98. The Labute approximate surface area is 266 Å². The van der Waals surface area contributed by atoms with Crippen molar-refractivity contribution in [2.45, 2.75) is 68.7 Å². The maximum absolute atomic E-state index is 13.8. The number of carbonyl (C=O) groups excluding carboxylic acids is 1. The number of nitrogens with one attached hydrogen (secondary N) is 1. The summed E-state index contributed by atoms with van der Waals surface area (Å²) in [6, 6.07) is 22.8. The number of rotatable bonds is 10. The average Bonchev–Trinajstić information content (AvgIpc) is 3.46. The SMILES string of the molecule is COc1cc(C2C(C(=O)OC3CCCCC3)=C(C)Nc3nc(SCc4ccccc4Cl)nn32)ccc1OCc1ccccc1. The molecule has 1 atom stereocenters. The van der Waals surface area contributed by atoms with E-state index in [9.17, 15) is 4.79 Å². The summed E-state index contributed by atoms with van der Waals surface area (Å²) in [6.07, 6.45) is 5.00. The average molecular weight is 631 g/mol. The smallest absolute Gasteiger partial charge is 0.338 e. The van der Waals surface area contributed by atoms with E-state index in [0.717, 1.165) is 42.4 Å². The van der Waals surface area contributed by atoms with Gasteiger partial charge < -0.3 is 19.5 Å². The summed E-state index contributed by atoms with van der Waals surface area (Å²) in [7, 11) is 1.61. The van der Waals surface area contributed by atoms with E-state index in [1.54, 1.807) is 11.8 Å². The molecule has 1 saturated carbocycles. The molecule has 1 aliphatic carbocycles. The lowest BCUT2D eigenvalue weighted by atomic mass is 9.94. The van der Waals surface area contributed by atoms with Crippen LogP contribution in [0.3, 0.4) is 0 Å². The van der Waals surface area contributed by atoms with Crippen molar-refractivity contribution in [2.24, 2.45) is 0 Å². The molecule has 1 fully saturated rings. The summed E-state index contributed by atoms with van der Waals surface area (Å²) in [5.41, 5.74) is 4.03.